The van der Waals surface area contributed by atoms with Gasteiger partial charge in [-0.25, -0.2) is 0 Å². The zero-order valence-electron chi connectivity index (χ0n) is 15.6. The third kappa shape index (κ3) is 4.02. The number of nitrogens with zero attached hydrogens (tertiary/aromatic N) is 2. The highest BCUT2D eigenvalue weighted by molar-refractivity contribution is 5.95. The number of hydrogen-bond acceptors (Lipinski definition) is 4. The molecule has 1 N–H and O–H groups in total. The highest BCUT2D eigenvalue weighted by Gasteiger charge is 2.58. The largest absolute Gasteiger partial charge is 0.497 e. The molecule has 1 aliphatic heterocycles. The summed E-state index contributed by atoms with van der Waals surface area (Å²) in [7, 11) is 1.51. The normalized spacial score (nSPS) is 23.0. The number of aliphatic hydroxyl groups is 1. The highest BCUT2D eigenvalue weighted by atomic mass is 19.4. The SMILES string of the molecule is COc1ccc(C(=O)N2C[C@H](C)N(C(=O)[C@@](C)(O)C(F)(F)F)C[C@H]2C)cc1. The lowest BCUT2D eigenvalue weighted by atomic mass is 9.99. The van der Waals surface area contributed by atoms with E-state index in [4.69, 9.17) is 4.74 Å². The lowest BCUT2D eigenvalue weighted by Gasteiger charge is -2.46. The molecule has 1 aromatic rings. The second-order valence-corrected chi connectivity index (χ2v) is 6.91. The van der Waals surface area contributed by atoms with Crippen molar-refractivity contribution in [3.63, 3.8) is 0 Å². The lowest BCUT2D eigenvalue weighted by molar-refractivity contribution is -0.251. The number of halogens is 3. The molecule has 1 saturated heterocycles. The molecule has 150 valence electrons. The maximum atomic E-state index is 13.0. The van der Waals surface area contributed by atoms with Crippen molar-refractivity contribution in [2.45, 2.75) is 44.6 Å². The van der Waals surface area contributed by atoms with Crippen molar-refractivity contribution in [2.75, 3.05) is 20.2 Å². The van der Waals surface area contributed by atoms with Gasteiger partial charge in [-0.05, 0) is 45.0 Å². The fourth-order valence-electron chi connectivity index (χ4n) is 2.99. The Labute approximate surface area is 155 Å². The summed E-state index contributed by atoms with van der Waals surface area (Å²) in [6.07, 6.45) is -5.08. The van der Waals surface area contributed by atoms with Gasteiger partial charge in [-0.15, -0.1) is 0 Å². The monoisotopic (exact) mass is 388 g/mol. The average molecular weight is 388 g/mol. The summed E-state index contributed by atoms with van der Waals surface area (Å²) in [6, 6.07) is 5.30. The van der Waals surface area contributed by atoms with Crippen LogP contribution in [-0.4, -0.2) is 70.8 Å². The van der Waals surface area contributed by atoms with Gasteiger partial charge in [0.05, 0.1) is 7.11 Å². The lowest BCUT2D eigenvalue weighted by Crippen LogP contribution is -2.65. The van der Waals surface area contributed by atoms with Crippen molar-refractivity contribution in [3.05, 3.63) is 29.8 Å². The second-order valence-electron chi connectivity index (χ2n) is 6.91. The molecule has 0 saturated carbocycles. The molecule has 9 heteroatoms. The van der Waals surface area contributed by atoms with E-state index in [1.807, 2.05) is 0 Å². The zero-order valence-corrected chi connectivity index (χ0v) is 15.6. The van der Waals surface area contributed by atoms with Gasteiger partial charge in [0.1, 0.15) is 5.75 Å². The van der Waals surface area contributed by atoms with Gasteiger partial charge in [-0.2, -0.15) is 13.2 Å². The summed E-state index contributed by atoms with van der Waals surface area (Å²) in [5.74, 6) is -1.10. The molecule has 1 aromatic carbocycles. The predicted octanol–water partition coefficient (Wildman–Crippen LogP) is 2.07. The molecule has 0 radical (unpaired) electrons. The van der Waals surface area contributed by atoms with Gasteiger partial charge in [-0.1, -0.05) is 0 Å². The molecule has 0 bridgehead atoms. The number of rotatable bonds is 3. The van der Waals surface area contributed by atoms with Gasteiger partial charge in [0, 0.05) is 30.7 Å². The van der Waals surface area contributed by atoms with E-state index in [0.29, 0.717) is 18.2 Å². The molecule has 0 aromatic heterocycles. The van der Waals surface area contributed by atoms with E-state index >= 15 is 0 Å². The Morgan fingerprint density at radius 2 is 1.56 bits per heavy atom. The summed E-state index contributed by atoms with van der Waals surface area (Å²) in [5, 5.41) is 9.67. The molecular weight excluding hydrogens is 365 g/mol. The fourth-order valence-corrected chi connectivity index (χ4v) is 2.99. The van der Waals surface area contributed by atoms with E-state index in [0.717, 1.165) is 4.90 Å². The fraction of sp³-hybridized carbons (Fsp3) is 0.556. The summed E-state index contributed by atoms with van der Waals surface area (Å²) in [5.41, 5.74) is -3.06. The van der Waals surface area contributed by atoms with Crippen molar-refractivity contribution in [3.8, 4) is 5.75 Å². The van der Waals surface area contributed by atoms with Crippen LogP contribution in [0.15, 0.2) is 24.3 Å². The molecule has 1 fully saturated rings. The number of methoxy groups -OCH3 is 1. The van der Waals surface area contributed by atoms with Gasteiger partial charge in [-0.3, -0.25) is 9.59 Å². The Bertz CT molecular complexity index is 704. The van der Waals surface area contributed by atoms with E-state index in [2.05, 4.69) is 0 Å². The maximum Gasteiger partial charge on any atom is 0.426 e. The van der Waals surface area contributed by atoms with Crippen LogP contribution in [0.5, 0.6) is 5.75 Å². The Morgan fingerprint density at radius 3 is 2.04 bits per heavy atom. The molecular formula is C18H23F3N2O4. The minimum absolute atomic E-state index is 0.0612. The number of ether oxygens (including phenoxy) is 1. The van der Waals surface area contributed by atoms with Crippen molar-refractivity contribution >= 4 is 11.8 Å². The molecule has 3 atom stereocenters. The van der Waals surface area contributed by atoms with Crippen molar-refractivity contribution < 1.29 is 32.6 Å². The summed E-state index contributed by atoms with van der Waals surface area (Å²) < 4.78 is 44.0. The molecule has 27 heavy (non-hydrogen) atoms. The Morgan fingerprint density at radius 1 is 1.07 bits per heavy atom. The topological polar surface area (TPSA) is 70.1 Å². The molecule has 1 heterocycles. The third-order valence-corrected chi connectivity index (χ3v) is 4.81. The van der Waals surface area contributed by atoms with E-state index in [-0.39, 0.29) is 19.0 Å². The molecule has 2 amide bonds. The van der Waals surface area contributed by atoms with Crippen LogP contribution in [0.3, 0.4) is 0 Å². The Hall–Kier alpha value is -2.29. The summed E-state index contributed by atoms with van der Waals surface area (Å²) >= 11 is 0. The van der Waals surface area contributed by atoms with Crippen LogP contribution in [0.25, 0.3) is 0 Å². The number of piperazine rings is 1. The van der Waals surface area contributed by atoms with Gasteiger partial charge in [0.2, 0.25) is 5.60 Å². The van der Waals surface area contributed by atoms with Crippen LogP contribution in [0.2, 0.25) is 0 Å². The minimum Gasteiger partial charge on any atom is -0.497 e. The number of hydrogen-bond donors (Lipinski definition) is 1. The van der Waals surface area contributed by atoms with Gasteiger partial charge < -0.3 is 19.6 Å². The van der Waals surface area contributed by atoms with Crippen LogP contribution >= 0.6 is 0 Å². The van der Waals surface area contributed by atoms with E-state index < -0.39 is 29.8 Å². The van der Waals surface area contributed by atoms with Crippen LogP contribution in [0, 0.1) is 0 Å². The quantitative estimate of drug-likeness (QED) is 0.861. The molecule has 2 rings (SSSR count). The molecule has 6 nitrogen and oxygen atoms in total. The highest BCUT2D eigenvalue weighted by Crippen LogP contribution is 2.33. The second kappa shape index (κ2) is 7.38. The number of alkyl halides is 3. The molecule has 0 aliphatic carbocycles. The number of carbonyl (C=O) groups is 2. The van der Waals surface area contributed by atoms with Gasteiger partial charge in [0.25, 0.3) is 11.8 Å². The zero-order chi connectivity index (χ0) is 20.6. The maximum absolute atomic E-state index is 13.0. The van der Waals surface area contributed by atoms with E-state index in [1.54, 1.807) is 38.1 Å². The van der Waals surface area contributed by atoms with Crippen LogP contribution in [0.4, 0.5) is 13.2 Å². The van der Waals surface area contributed by atoms with Gasteiger partial charge in [0.15, 0.2) is 0 Å². The average Bonchev–Trinajstić information content (AvgIpc) is 2.61. The number of amides is 2. The van der Waals surface area contributed by atoms with Crippen molar-refractivity contribution in [2.24, 2.45) is 0 Å². The van der Waals surface area contributed by atoms with Crippen molar-refractivity contribution in [1.82, 2.24) is 9.80 Å². The third-order valence-electron chi connectivity index (χ3n) is 4.81. The first-order valence-corrected chi connectivity index (χ1v) is 8.45. The summed E-state index contributed by atoms with van der Waals surface area (Å²) in [6.45, 7) is 3.60. The Kier molecular flexibility index (Phi) is 5.74. The molecule has 0 spiro atoms. The van der Waals surface area contributed by atoms with E-state index in [9.17, 15) is 27.9 Å². The van der Waals surface area contributed by atoms with E-state index in [1.165, 1.54) is 12.0 Å². The number of carbonyl (C=O) groups excluding carboxylic acids is 2. The van der Waals surface area contributed by atoms with Crippen molar-refractivity contribution in [1.29, 1.82) is 0 Å². The Balaban J connectivity index is 2.16. The molecule has 1 aliphatic rings. The van der Waals surface area contributed by atoms with Crippen LogP contribution in [-0.2, 0) is 4.79 Å². The summed E-state index contributed by atoms with van der Waals surface area (Å²) in [4.78, 5) is 27.5. The minimum atomic E-state index is -5.08. The standard InChI is InChI=1S/C18H23F3N2O4/c1-11-10-23(16(25)17(3,26)18(19,20)21)12(2)9-22(11)15(24)13-5-7-14(27-4)8-6-13/h5-8,11-12,26H,9-10H2,1-4H3/t11-,12+,17-/m1/s1. The number of benzene rings is 1. The van der Waals surface area contributed by atoms with Crippen LogP contribution in [0.1, 0.15) is 31.1 Å². The first kappa shape index (κ1) is 21.0. The molecule has 0 unspecified atom stereocenters. The first-order chi connectivity index (χ1) is 12.4. The smallest absolute Gasteiger partial charge is 0.426 e. The predicted molar refractivity (Wildman–Crippen MR) is 91.3 cm³/mol. The van der Waals surface area contributed by atoms with Crippen LogP contribution < -0.4 is 4.74 Å². The van der Waals surface area contributed by atoms with Gasteiger partial charge >= 0.3 is 6.18 Å². The first-order valence-electron chi connectivity index (χ1n) is 8.45.